The van der Waals surface area contributed by atoms with Crippen LogP contribution in [0.5, 0.6) is 0 Å². The molecule has 29 heavy (non-hydrogen) atoms. The van der Waals surface area contributed by atoms with Crippen molar-refractivity contribution in [1.29, 1.82) is 0 Å². The second-order valence-electron chi connectivity index (χ2n) is 6.98. The molecule has 0 radical (unpaired) electrons. The zero-order valence-electron chi connectivity index (χ0n) is 16.7. The van der Waals surface area contributed by atoms with Gasteiger partial charge in [-0.15, -0.1) is 11.8 Å². The lowest BCUT2D eigenvalue weighted by Crippen LogP contribution is -2.28. The minimum absolute atomic E-state index is 0.0865. The number of esters is 1. The molecule has 1 N–H and O–H groups in total. The van der Waals surface area contributed by atoms with Gasteiger partial charge in [-0.25, -0.2) is 0 Å². The molecule has 1 fully saturated rings. The Kier molecular flexibility index (Phi) is 6.59. The number of carbonyl (C=O) groups excluding carboxylic acids is 3. The highest BCUT2D eigenvalue weighted by molar-refractivity contribution is 7.98. The fourth-order valence-electron chi connectivity index (χ4n) is 3.32. The van der Waals surface area contributed by atoms with Gasteiger partial charge < -0.3 is 15.0 Å². The number of nitrogens with one attached hydrogen (secondary N) is 1. The number of amides is 2. The molecule has 6 nitrogen and oxygen atoms in total. The third-order valence-electron chi connectivity index (χ3n) is 5.05. The molecule has 0 bridgehead atoms. The molecule has 1 atom stereocenters. The standard InChI is InChI=1S/C22H24N2O4S/c1-14-7-6-9-18(15(14)2)24-12-16(11-21(24)26)22(27)28-13-20(25)23-17-8-4-5-10-19(17)29-3/h4-10,16H,11-13H2,1-3H3,(H,23,25)/t16-/m1/s1. The summed E-state index contributed by atoms with van der Waals surface area (Å²) in [6.07, 6.45) is 2.01. The molecule has 3 rings (SSSR count). The molecule has 1 saturated heterocycles. The number of aryl methyl sites for hydroxylation is 1. The predicted octanol–water partition coefficient (Wildman–Crippen LogP) is 3.56. The van der Waals surface area contributed by atoms with E-state index in [9.17, 15) is 14.4 Å². The highest BCUT2D eigenvalue weighted by Crippen LogP contribution is 2.30. The smallest absolute Gasteiger partial charge is 0.311 e. The second kappa shape index (κ2) is 9.13. The number of ether oxygens (including phenoxy) is 1. The average molecular weight is 413 g/mol. The van der Waals surface area contributed by atoms with E-state index in [4.69, 9.17) is 4.74 Å². The lowest BCUT2D eigenvalue weighted by molar-refractivity contribution is -0.151. The maximum absolute atomic E-state index is 12.4. The number of para-hydroxylation sites is 1. The maximum Gasteiger partial charge on any atom is 0.311 e. The Morgan fingerprint density at radius 3 is 2.69 bits per heavy atom. The summed E-state index contributed by atoms with van der Waals surface area (Å²) in [4.78, 5) is 39.6. The van der Waals surface area contributed by atoms with Crippen molar-refractivity contribution < 1.29 is 19.1 Å². The summed E-state index contributed by atoms with van der Waals surface area (Å²) in [6, 6.07) is 13.2. The summed E-state index contributed by atoms with van der Waals surface area (Å²) < 4.78 is 5.18. The second-order valence-corrected chi connectivity index (χ2v) is 7.83. The third-order valence-corrected chi connectivity index (χ3v) is 5.85. The molecular formula is C22H24N2O4S. The van der Waals surface area contributed by atoms with E-state index in [1.54, 1.807) is 11.0 Å². The number of carbonyl (C=O) groups is 3. The van der Waals surface area contributed by atoms with Crippen LogP contribution in [-0.4, -0.2) is 37.2 Å². The third kappa shape index (κ3) is 4.79. The van der Waals surface area contributed by atoms with E-state index in [2.05, 4.69) is 5.32 Å². The van der Waals surface area contributed by atoms with Gasteiger partial charge in [0, 0.05) is 23.5 Å². The Morgan fingerprint density at radius 2 is 1.93 bits per heavy atom. The topological polar surface area (TPSA) is 75.7 Å². The number of hydrogen-bond acceptors (Lipinski definition) is 5. The Bertz CT molecular complexity index is 944. The van der Waals surface area contributed by atoms with Crippen LogP contribution in [0.4, 0.5) is 11.4 Å². The van der Waals surface area contributed by atoms with Crippen LogP contribution < -0.4 is 10.2 Å². The van der Waals surface area contributed by atoms with Gasteiger partial charge in [-0.3, -0.25) is 14.4 Å². The highest BCUT2D eigenvalue weighted by atomic mass is 32.2. The van der Waals surface area contributed by atoms with Crippen molar-refractivity contribution in [1.82, 2.24) is 0 Å². The van der Waals surface area contributed by atoms with Crippen LogP contribution in [-0.2, 0) is 19.1 Å². The molecule has 0 saturated carbocycles. The molecular weight excluding hydrogens is 388 g/mol. The van der Waals surface area contributed by atoms with E-state index in [1.165, 1.54) is 11.8 Å². The van der Waals surface area contributed by atoms with Crippen LogP contribution in [0.15, 0.2) is 47.4 Å². The lowest BCUT2D eigenvalue weighted by atomic mass is 10.1. The number of anilines is 2. The van der Waals surface area contributed by atoms with Crippen LogP contribution in [0.25, 0.3) is 0 Å². The molecule has 2 aromatic rings. The number of benzene rings is 2. The van der Waals surface area contributed by atoms with Crippen molar-refractivity contribution in [3.8, 4) is 0 Å². The SMILES string of the molecule is CSc1ccccc1NC(=O)COC(=O)[C@@H]1CC(=O)N(c2cccc(C)c2C)C1. The van der Waals surface area contributed by atoms with Crippen molar-refractivity contribution in [2.24, 2.45) is 5.92 Å². The van der Waals surface area contributed by atoms with Gasteiger partial charge in [0.05, 0.1) is 11.6 Å². The van der Waals surface area contributed by atoms with Gasteiger partial charge in [-0.05, 0) is 49.4 Å². The zero-order valence-corrected chi connectivity index (χ0v) is 17.5. The van der Waals surface area contributed by atoms with Gasteiger partial charge in [0.2, 0.25) is 5.91 Å². The van der Waals surface area contributed by atoms with Gasteiger partial charge in [-0.2, -0.15) is 0 Å². The average Bonchev–Trinajstić information content (AvgIpc) is 3.10. The van der Waals surface area contributed by atoms with Crippen LogP contribution >= 0.6 is 11.8 Å². The van der Waals surface area contributed by atoms with Crippen molar-refractivity contribution >= 4 is 40.9 Å². The molecule has 0 spiro atoms. The normalized spacial score (nSPS) is 16.0. The van der Waals surface area contributed by atoms with Gasteiger partial charge in [0.15, 0.2) is 6.61 Å². The highest BCUT2D eigenvalue weighted by Gasteiger charge is 2.37. The van der Waals surface area contributed by atoms with Crippen LogP contribution in [0.3, 0.4) is 0 Å². The minimum atomic E-state index is -0.575. The van der Waals surface area contributed by atoms with E-state index < -0.39 is 17.8 Å². The van der Waals surface area contributed by atoms with Crippen molar-refractivity contribution in [3.05, 3.63) is 53.6 Å². The van der Waals surface area contributed by atoms with Crippen LogP contribution in [0.2, 0.25) is 0 Å². The molecule has 0 unspecified atom stereocenters. The zero-order chi connectivity index (χ0) is 21.0. The number of nitrogens with zero attached hydrogens (tertiary/aromatic N) is 1. The first-order valence-electron chi connectivity index (χ1n) is 9.36. The molecule has 1 heterocycles. The first kappa shape index (κ1) is 20.9. The van der Waals surface area contributed by atoms with Gasteiger partial charge in [0.1, 0.15) is 0 Å². The Hall–Kier alpha value is -2.80. The predicted molar refractivity (Wildman–Crippen MR) is 114 cm³/mol. The Morgan fingerprint density at radius 1 is 1.17 bits per heavy atom. The van der Waals surface area contributed by atoms with E-state index in [-0.39, 0.29) is 25.5 Å². The first-order valence-corrected chi connectivity index (χ1v) is 10.6. The van der Waals surface area contributed by atoms with Gasteiger partial charge in [0.25, 0.3) is 5.91 Å². The van der Waals surface area contributed by atoms with E-state index in [0.29, 0.717) is 5.69 Å². The van der Waals surface area contributed by atoms with Crippen molar-refractivity contribution in [2.45, 2.75) is 25.2 Å². The summed E-state index contributed by atoms with van der Waals surface area (Å²) in [5.74, 6) is -1.62. The quantitative estimate of drug-likeness (QED) is 0.580. The molecule has 1 aliphatic heterocycles. The fraction of sp³-hybridized carbons (Fsp3) is 0.318. The molecule has 2 aromatic carbocycles. The number of thioether (sulfide) groups is 1. The summed E-state index contributed by atoms with van der Waals surface area (Å²) >= 11 is 1.52. The molecule has 0 aliphatic carbocycles. The summed E-state index contributed by atoms with van der Waals surface area (Å²) in [5, 5.41) is 2.75. The van der Waals surface area contributed by atoms with E-state index >= 15 is 0 Å². The molecule has 0 aromatic heterocycles. The van der Waals surface area contributed by atoms with Gasteiger partial charge >= 0.3 is 5.97 Å². The van der Waals surface area contributed by atoms with Gasteiger partial charge in [-0.1, -0.05) is 24.3 Å². The first-order chi connectivity index (χ1) is 13.9. The van der Waals surface area contributed by atoms with Crippen molar-refractivity contribution in [2.75, 3.05) is 29.6 Å². The minimum Gasteiger partial charge on any atom is -0.455 e. The van der Waals surface area contributed by atoms with E-state index in [0.717, 1.165) is 21.7 Å². The monoisotopic (exact) mass is 412 g/mol. The number of rotatable bonds is 6. The molecule has 2 amide bonds. The van der Waals surface area contributed by atoms with E-state index in [1.807, 2.05) is 56.5 Å². The van der Waals surface area contributed by atoms with Crippen LogP contribution in [0.1, 0.15) is 17.5 Å². The largest absolute Gasteiger partial charge is 0.455 e. The number of hydrogen-bond donors (Lipinski definition) is 1. The Labute approximate surface area is 174 Å². The maximum atomic E-state index is 12.4. The van der Waals surface area contributed by atoms with Crippen LogP contribution in [0, 0.1) is 19.8 Å². The fourth-order valence-corrected chi connectivity index (χ4v) is 3.87. The summed E-state index contributed by atoms with van der Waals surface area (Å²) in [7, 11) is 0. The van der Waals surface area contributed by atoms with Crippen molar-refractivity contribution in [3.63, 3.8) is 0 Å². The summed E-state index contributed by atoms with van der Waals surface area (Å²) in [6.45, 7) is 3.83. The summed E-state index contributed by atoms with van der Waals surface area (Å²) in [5.41, 5.74) is 3.60. The Balaban J connectivity index is 1.57. The molecule has 152 valence electrons. The lowest BCUT2D eigenvalue weighted by Gasteiger charge is -2.20. The molecule has 1 aliphatic rings. The molecule has 7 heteroatoms.